The molecule has 0 bridgehead atoms. The van der Waals surface area contributed by atoms with E-state index in [9.17, 15) is 13.6 Å². The third-order valence-electron chi connectivity index (χ3n) is 3.66. The average molecular weight is 420 g/mol. The zero-order valence-corrected chi connectivity index (χ0v) is 15.6. The van der Waals surface area contributed by atoms with Crippen molar-refractivity contribution in [3.8, 4) is 5.75 Å². The number of carbonyl (C=O) groups excluding carboxylic acids is 1. The van der Waals surface area contributed by atoms with Gasteiger partial charge in [0.2, 0.25) is 11.1 Å². The number of ether oxygens (including phenoxy) is 2. The number of tetrazole rings is 1. The van der Waals surface area contributed by atoms with Crippen LogP contribution in [0.1, 0.15) is 12.8 Å². The lowest BCUT2D eigenvalue weighted by molar-refractivity contribution is -0.113. The zero-order valence-electron chi connectivity index (χ0n) is 14.0. The van der Waals surface area contributed by atoms with Gasteiger partial charge in [-0.1, -0.05) is 23.4 Å². The molecule has 1 saturated heterocycles. The second-order valence-electron chi connectivity index (χ2n) is 5.64. The Bertz CT molecular complexity index is 789. The molecule has 2 aromatic rings. The van der Waals surface area contributed by atoms with Gasteiger partial charge in [0.15, 0.2) is 0 Å². The number of thioether (sulfide) groups is 1. The van der Waals surface area contributed by atoms with Crippen molar-refractivity contribution in [3.05, 3.63) is 23.2 Å². The number of nitrogens with one attached hydrogen (secondary N) is 1. The summed E-state index contributed by atoms with van der Waals surface area (Å²) in [7, 11) is 0. The minimum absolute atomic E-state index is 0.0266. The largest absolute Gasteiger partial charge is 0.433 e. The summed E-state index contributed by atoms with van der Waals surface area (Å²) in [6.45, 7) is -1.69. The summed E-state index contributed by atoms with van der Waals surface area (Å²) >= 11 is 7.04. The normalized spacial score (nSPS) is 16.7. The molecule has 8 nitrogen and oxygen atoms in total. The van der Waals surface area contributed by atoms with Gasteiger partial charge in [0.1, 0.15) is 5.75 Å². The van der Waals surface area contributed by atoms with Gasteiger partial charge in [-0.2, -0.15) is 8.78 Å². The van der Waals surface area contributed by atoms with Crippen LogP contribution in [-0.4, -0.2) is 51.2 Å². The molecule has 146 valence electrons. The second-order valence-corrected chi connectivity index (χ2v) is 6.99. The fraction of sp³-hybridized carbons (Fsp3) is 0.467. The number of hydrogen-bond acceptors (Lipinski definition) is 7. The summed E-state index contributed by atoms with van der Waals surface area (Å²) in [6.07, 6.45) is 2.05. The van der Waals surface area contributed by atoms with Crippen LogP contribution in [0.5, 0.6) is 5.75 Å². The second kappa shape index (κ2) is 9.29. The van der Waals surface area contributed by atoms with Crippen molar-refractivity contribution >= 4 is 35.0 Å². The van der Waals surface area contributed by atoms with E-state index in [1.54, 1.807) is 4.68 Å². The molecule has 1 aromatic heterocycles. The molecule has 0 radical (unpaired) electrons. The highest BCUT2D eigenvalue weighted by atomic mass is 35.5. The third-order valence-corrected chi connectivity index (χ3v) is 4.92. The molecular formula is C15H16ClF2N5O3S. The van der Waals surface area contributed by atoms with E-state index in [0.717, 1.165) is 19.4 Å². The molecule has 12 heteroatoms. The van der Waals surface area contributed by atoms with Crippen molar-refractivity contribution in [1.82, 2.24) is 20.2 Å². The Balaban J connectivity index is 1.51. The fourth-order valence-corrected chi connectivity index (χ4v) is 3.40. The van der Waals surface area contributed by atoms with Crippen LogP contribution in [0.15, 0.2) is 23.4 Å². The van der Waals surface area contributed by atoms with Gasteiger partial charge < -0.3 is 14.8 Å². The molecule has 0 saturated carbocycles. The van der Waals surface area contributed by atoms with Gasteiger partial charge in [-0.3, -0.25) is 4.79 Å². The van der Waals surface area contributed by atoms with Crippen LogP contribution in [0, 0.1) is 0 Å². The first-order valence-electron chi connectivity index (χ1n) is 8.06. The lowest BCUT2D eigenvalue weighted by Gasteiger charge is -2.10. The number of hydrogen-bond donors (Lipinski definition) is 1. The maximum Gasteiger partial charge on any atom is 0.387 e. The number of alkyl halides is 2. The summed E-state index contributed by atoms with van der Waals surface area (Å²) in [4.78, 5) is 12.1. The van der Waals surface area contributed by atoms with Crippen molar-refractivity contribution in [3.63, 3.8) is 0 Å². The zero-order chi connectivity index (χ0) is 19.2. The summed E-state index contributed by atoms with van der Waals surface area (Å²) < 4.78 is 35.9. The number of benzene rings is 1. The average Bonchev–Trinajstić information content (AvgIpc) is 3.28. The molecular weight excluding hydrogens is 404 g/mol. The number of anilines is 1. The molecule has 1 unspecified atom stereocenters. The van der Waals surface area contributed by atoms with Crippen LogP contribution in [0.2, 0.25) is 5.02 Å². The van der Waals surface area contributed by atoms with Gasteiger partial charge in [0.25, 0.3) is 0 Å². The Kier molecular flexibility index (Phi) is 6.80. The highest BCUT2D eigenvalue weighted by molar-refractivity contribution is 7.99. The molecule has 0 aliphatic carbocycles. The monoisotopic (exact) mass is 419 g/mol. The molecule has 1 amide bonds. The molecule has 1 atom stereocenters. The first-order chi connectivity index (χ1) is 13.0. The first kappa shape index (κ1) is 19.8. The van der Waals surface area contributed by atoms with Crippen LogP contribution in [0.25, 0.3) is 0 Å². The molecule has 1 aliphatic heterocycles. The Labute approximate surface area is 162 Å². The van der Waals surface area contributed by atoms with E-state index in [1.165, 1.54) is 30.0 Å². The van der Waals surface area contributed by atoms with Crippen LogP contribution < -0.4 is 10.1 Å². The van der Waals surface area contributed by atoms with E-state index >= 15 is 0 Å². The first-order valence-corrected chi connectivity index (χ1v) is 9.42. The van der Waals surface area contributed by atoms with E-state index in [2.05, 4.69) is 25.6 Å². The molecule has 1 fully saturated rings. The van der Waals surface area contributed by atoms with Gasteiger partial charge >= 0.3 is 6.61 Å². The highest BCUT2D eigenvalue weighted by Gasteiger charge is 2.19. The van der Waals surface area contributed by atoms with Crippen LogP contribution >= 0.6 is 23.4 Å². The van der Waals surface area contributed by atoms with Crippen LogP contribution in [0.3, 0.4) is 0 Å². The number of halogens is 3. The number of aromatic nitrogens is 4. The highest BCUT2D eigenvalue weighted by Crippen LogP contribution is 2.29. The molecule has 1 aromatic carbocycles. The maximum absolute atomic E-state index is 12.2. The smallest absolute Gasteiger partial charge is 0.387 e. The third kappa shape index (κ3) is 5.75. The van der Waals surface area contributed by atoms with Crippen LogP contribution in [-0.2, 0) is 16.1 Å². The van der Waals surface area contributed by atoms with Crippen molar-refractivity contribution < 1.29 is 23.0 Å². The number of rotatable bonds is 8. The van der Waals surface area contributed by atoms with Crippen molar-refractivity contribution in [2.24, 2.45) is 0 Å². The summed E-state index contributed by atoms with van der Waals surface area (Å²) in [5, 5.41) is 14.6. The lowest BCUT2D eigenvalue weighted by atomic mass is 10.2. The Morgan fingerprint density at radius 3 is 3.07 bits per heavy atom. The Hall–Kier alpha value is -1.98. The standard InChI is InChI=1S/C15H16ClF2N5O3S/c16-11-6-9(3-4-12(11)26-14(17)18)19-13(24)8-27-15-20-21-22-23(15)7-10-2-1-5-25-10/h3-4,6,10,14H,1-2,5,7-8H2,(H,19,24). The topological polar surface area (TPSA) is 91.2 Å². The van der Waals surface area contributed by atoms with Gasteiger partial charge in [0.05, 0.1) is 23.4 Å². The maximum atomic E-state index is 12.2. The van der Waals surface area contributed by atoms with Crippen LogP contribution in [0.4, 0.5) is 14.5 Å². The summed E-state index contributed by atoms with van der Waals surface area (Å²) in [5.74, 6) is -0.406. The van der Waals surface area contributed by atoms with Gasteiger partial charge in [-0.15, -0.1) is 5.10 Å². The van der Waals surface area contributed by atoms with Gasteiger partial charge in [-0.05, 0) is 41.5 Å². The summed E-state index contributed by atoms with van der Waals surface area (Å²) in [6, 6.07) is 4.02. The number of carbonyl (C=O) groups is 1. The van der Waals surface area contributed by atoms with Crippen molar-refractivity contribution in [2.45, 2.75) is 37.3 Å². The fourth-order valence-electron chi connectivity index (χ4n) is 2.49. The molecule has 3 rings (SSSR count). The summed E-state index contributed by atoms with van der Waals surface area (Å²) in [5.41, 5.74) is 0.367. The van der Waals surface area contributed by atoms with Crippen molar-refractivity contribution in [1.29, 1.82) is 0 Å². The Morgan fingerprint density at radius 1 is 1.52 bits per heavy atom. The Morgan fingerprint density at radius 2 is 2.37 bits per heavy atom. The predicted octanol–water partition coefficient (Wildman–Crippen LogP) is 2.84. The minimum atomic E-state index is -2.97. The number of amides is 1. The van der Waals surface area contributed by atoms with E-state index in [0.29, 0.717) is 17.4 Å². The molecule has 2 heterocycles. The predicted molar refractivity (Wildman–Crippen MR) is 94.2 cm³/mol. The van der Waals surface area contributed by atoms with E-state index in [1.807, 2.05) is 0 Å². The molecule has 1 N–H and O–H groups in total. The minimum Gasteiger partial charge on any atom is -0.433 e. The quantitative estimate of drug-likeness (QED) is 0.658. The SMILES string of the molecule is O=C(CSc1nnnn1CC1CCCO1)Nc1ccc(OC(F)F)c(Cl)c1. The molecule has 1 aliphatic rings. The van der Waals surface area contributed by atoms with Gasteiger partial charge in [-0.25, -0.2) is 4.68 Å². The molecule has 27 heavy (non-hydrogen) atoms. The van der Waals surface area contributed by atoms with E-state index in [4.69, 9.17) is 16.3 Å². The van der Waals surface area contributed by atoms with E-state index in [-0.39, 0.29) is 28.5 Å². The molecule has 0 spiro atoms. The van der Waals surface area contributed by atoms with E-state index < -0.39 is 6.61 Å². The number of nitrogens with zero attached hydrogens (tertiary/aromatic N) is 4. The van der Waals surface area contributed by atoms with Gasteiger partial charge in [0, 0.05) is 12.3 Å². The van der Waals surface area contributed by atoms with Crippen molar-refractivity contribution in [2.75, 3.05) is 17.7 Å². The lowest BCUT2D eigenvalue weighted by Crippen LogP contribution is -2.18.